The van der Waals surface area contributed by atoms with Crippen molar-refractivity contribution in [3.8, 4) is 11.5 Å². The molecule has 0 amide bonds. The highest BCUT2D eigenvalue weighted by Crippen LogP contribution is 2.37. The third-order valence-corrected chi connectivity index (χ3v) is 5.71. The maximum Gasteiger partial charge on any atom is 0.416 e. The van der Waals surface area contributed by atoms with Gasteiger partial charge in [-0.2, -0.15) is 13.2 Å². The predicted octanol–water partition coefficient (Wildman–Crippen LogP) is 6.49. The molecule has 0 fully saturated rings. The van der Waals surface area contributed by atoms with Crippen molar-refractivity contribution in [2.75, 3.05) is 5.75 Å². The predicted molar refractivity (Wildman–Crippen MR) is 101 cm³/mol. The molecule has 0 aliphatic rings. The van der Waals surface area contributed by atoms with Gasteiger partial charge in [-0.15, -0.1) is 0 Å². The number of hydrogen-bond donors (Lipinski definition) is 0. The van der Waals surface area contributed by atoms with E-state index in [0.29, 0.717) is 6.07 Å². The Labute approximate surface area is 174 Å². The van der Waals surface area contributed by atoms with Crippen LogP contribution < -0.4 is 4.74 Å². The minimum absolute atomic E-state index is 0.0124. The van der Waals surface area contributed by atoms with Crippen LogP contribution in [0.4, 0.5) is 18.9 Å². The molecule has 2 aromatic carbocycles. The summed E-state index contributed by atoms with van der Waals surface area (Å²) in [6, 6.07) is 5.85. The molecule has 0 N–H and O–H groups in total. The van der Waals surface area contributed by atoms with Gasteiger partial charge in [0.05, 0.1) is 32.1 Å². The van der Waals surface area contributed by atoms with Gasteiger partial charge in [-0.1, -0.05) is 34.8 Å². The second-order valence-corrected chi connectivity index (χ2v) is 7.71. The molecule has 0 aliphatic heterocycles. The van der Waals surface area contributed by atoms with E-state index in [1.165, 1.54) is 6.07 Å². The Balaban J connectivity index is 2.38. The van der Waals surface area contributed by atoms with E-state index in [2.05, 4.69) is 0 Å². The zero-order chi connectivity index (χ0) is 21.1. The van der Waals surface area contributed by atoms with Gasteiger partial charge in [0.2, 0.25) is 0 Å². The Hall–Kier alpha value is -1.81. The Morgan fingerprint density at radius 1 is 1.25 bits per heavy atom. The number of rotatable bonds is 6. The van der Waals surface area contributed by atoms with Gasteiger partial charge in [0, 0.05) is 22.7 Å². The highest BCUT2D eigenvalue weighted by Gasteiger charge is 2.31. The van der Waals surface area contributed by atoms with Gasteiger partial charge >= 0.3 is 6.18 Å². The molecule has 2 aromatic rings. The van der Waals surface area contributed by atoms with Gasteiger partial charge in [0.1, 0.15) is 16.4 Å². The molecule has 28 heavy (non-hydrogen) atoms. The summed E-state index contributed by atoms with van der Waals surface area (Å²) in [6.07, 6.45) is -4.57. The zero-order valence-corrected chi connectivity index (χ0v) is 16.6. The normalized spacial score (nSPS) is 13.3. The van der Waals surface area contributed by atoms with E-state index in [0.717, 1.165) is 29.8 Å². The quantitative estimate of drug-likeness (QED) is 0.355. The molecule has 2 rings (SSSR count). The minimum Gasteiger partial charge on any atom is -0.456 e. The molecule has 150 valence electrons. The molecule has 0 heterocycles. The first-order valence-corrected chi connectivity index (χ1v) is 9.70. The van der Waals surface area contributed by atoms with Crippen LogP contribution in [0.1, 0.15) is 5.56 Å². The van der Waals surface area contributed by atoms with Gasteiger partial charge in [0.15, 0.2) is 0 Å². The van der Waals surface area contributed by atoms with E-state index in [1.807, 2.05) is 0 Å². The number of nitro benzene ring substituents is 1. The van der Waals surface area contributed by atoms with Crippen molar-refractivity contribution in [1.82, 2.24) is 0 Å². The Bertz CT molecular complexity index is 967. The van der Waals surface area contributed by atoms with E-state index in [9.17, 15) is 27.5 Å². The summed E-state index contributed by atoms with van der Waals surface area (Å²) in [5, 5.41) is 10.9. The zero-order valence-electron chi connectivity index (χ0n) is 13.5. The number of hydrogen-bond acceptors (Lipinski definition) is 4. The van der Waals surface area contributed by atoms with Crippen LogP contribution in [0.2, 0.25) is 5.02 Å². The Morgan fingerprint density at radius 2 is 1.93 bits per heavy atom. The summed E-state index contributed by atoms with van der Waals surface area (Å²) in [6.45, 7) is 0. The minimum atomic E-state index is -4.57. The van der Waals surface area contributed by atoms with Crippen LogP contribution in [0, 0.1) is 10.1 Å². The molecule has 0 saturated carbocycles. The summed E-state index contributed by atoms with van der Waals surface area (Å²) in [5.41, 5.74) is -0.422. The first-order valence-electron chi connectivity index (χ1n) is 7.19. The van der Waals surface area contributed by atoms with Gasteiger partial charge in [-0.05, 0) is 24.3 Å². The Morgan fingerprint density at radius 3 is 2.46 bits per heavy atom. The van der Waals surface area contributed by atoms with Crippen LogP contribution >= 0.6 is 34.8 Å². The van der Waals surface area contributed by atoms with Crippen molar-refractivity contribution in [1.29, 1.82) is 0 Å². The summed E-state index contributed by atoms with van der Waals surface area (Å²) in [4.78, 5) is 10.2. The second kappa shape index (κ2) is 9.13. The van der Waals surface area contributed by atoms with Gasteiger partial charge in [0.25, 0.3) is 5.69 Å². The van der Waals surface area contributed by atoms with Gasteiger partial charge < -0.3 is 4.74 Å². The first kappa shape index (κ1) is 22.5. The van der Waals surface area contributed by atoms with Crippen molar-refractivity contribution < 1.29 is 27.0 Å². The lowest BCUT2D eigenvalue weighted by Crippen LogP contribution is -2.05. The highest BCUT2D eigenvalue weighted by molar-refractivity contribution is 7.85. The number of nitrogens with zero attached hydrogens (tertiary/aromatic N) is 1. The van der Waals surface area contributed by atoms with Crippen molar-refractivity contribution in [2.45, 2.75) is 11.1 Å². The maximum atomic E-state index is 12.7. The third-order valence-electron chi connectivity index (χ3n) is 3.25. The summed E-state index contributed by atoms with van der Waals surface area (Å²) >= 11 is 16.9. The molecule has 0 radical (unpaired) electrons. The van der Waals surface area contributed by atoms with Crippen LogP contribution in [0.25, 0.3) is 0 Å². The summed E-state index contributed by atoms with van der Waals surface area (Å²) in [7, 11) is -1.92. The molecule has 0 bridgehead atoms. The summed E-state index contributed by atoms with van der Waals surface area (Å²) in [5.74, 6) is -0.392. The number of halogens is 6. The molecule has 0 aromatic heterocycles. The standard InChI is InChI=1S/C16H9Cl3F3NO4S/c17-7-10(18)8-28(26)15-6-11(2-3-13(15)23(24)25)27-14-4-1-9(5-12(14)19)16(20,21)22/h1-7H,8H2/b10-7-. The van der Waals surface area contributed by atoms with E-state index in [1.54, 1.807) is 0 Å². The topological polar surface area (TPSA) is 69.4 Å². The maximum absolute atomic E-state index is 12.7. The molecule has 1 atom stereocenters. The molecule has 0 aliphatic carbocycles. The molecule has 12 heteroatoms. The van der Waals surface area contributed by atoms with Crippen LogP contribution in [0.15, 0.2) is 51.9 Å². The highest BCUT2D eigenvalue weighted by atomic mass is 35.5. The van der Waals surface area contributed by atoms with Crippen LogP contribution in [-0.2, 0) is 17.0 Å². The van der Waals surface area contributed by atoms with Crippen molar-refractivity contribution in [3.05, 3.63) is 67.7 Å². The van der Waals surface area contributed by atoms with E-state index < -0.39 is 33.2 Å². The van der Waals surface area contributed by atoms with Gasteiger partial charge in [-0.25, -0.2) is 0 Å². The van der Waals surface area contributed by atoms with Crippen LogP contribution in [0.3, 0.4) is 0 Å². The lowest BCUT2D eigenvalue weighted by Gasteiger charge is -2.12. The molecule has 0 saturated heterocycles. The molecule has 0 spiro atoms. The molecule has 1 unspecified atom stereocenters. The largest absolute Gasteiger partial charge is 0.456 e. The number of benzene rings is 2. The SMILES string of the molecule is O=[N+]([O-])c1ccc(Oc2ccc(C(F)(F)F)cc2Cl)cc1S(=O)C/C(Cl)=C/Cl. The van der Waals surface area contributed by atoms with E-state index >= 15 is 0 Å². The monoisotopic (exact) mass is 473 g/mol. The Kier molecular flexibility index (Phi) is 7.33. The first-order chi connectivity index (χ1) is 13.0. The fraction of sp³-hybridized carbons (Fsp3) is 0.125. The molecular weight excluding hydrogens is 466 g/mol. The lowest BCUT2D eigenvalue weighted by atomic mass is 10.2. The van der Waals surface area contributed by atoms with E-state index in [-0.39, 0.29) is 32.2 Å². The third kappa shape index (κ3) is 5.60. The fourth-order valence-corrected chi connectivity index (χ4v) is 3.81. The smallest absolute Gasteiger partial charge is 0.416 e. The van der Waals surface area contributed by atoms with E-state index in [4.69, 9.17) is 39.5 Å². The molecule has 5 nitrogen and oxygen atoms in total. The number of nitro groups is 1. The van der Waals surface area contributed by atoms with Crippen molar-refractivity contribution in [2.24, 2.45) is 0 Å². The van der Waals surface area contributed by atoms with Crippen molar-refractivity contribution >= 4 is 51.3 Å². The molecular formula is C16H9Cl3F3NO4S. The number of alkyl halides is 3. The lowest BCUT2D eigenvalue weighted by molar-refractivity contribution is -0.387. The van der Waals surface area contributed by atoms with Gasteiger partial charge in [-0.3, -0.25) is 14.3 Å². The second-order valence-electron chi connectivity index (χ2n) is 5.18. The number of ether oxygens (including phenoxy) is 1. The average molecular weight is 475 g/mol. The van der Waals surface area contributed by atoms with Crippen molar-refractivity contribution in [3.63, 3.8) is 0 Å². The average Bonchev–Trinajstić information content (AvgIpc) is 2.62. The van der Waals surface area contributed by atoms with Crippen LogP contribution in [-0.4, -0.2) is 14.9 Å². The summed E-state index contributed by atoms with van der Waals surface area (Å²) < 4.78 is 55.9. The van der Waals surface area contributed by atoms with Crippen LogP contribution in [0.5, 0.6) is 11.5 Å². The fourth-order valence-electron chi connectivity index (χ4n) is 2.01.